The molecule has 7 nitrogen and oxygen atoms in total. The monoisotopic (exact) mass is 505 g/mol. The summed E-state index contributed by atoms with van der Waals surface area (Å²) < 4.78 is 34.0. The highest BCUT2D eigenvalue weighted by Gasteiger charge is 2.68. The van der Waals surface area contributed by atoms with Crippen LogP contribution in [-0.2, 0) is 35.8 Å². The summed E-state index contributed by atoms with van der Waals surface area (Å²) >= 11 is 0. The van der Waals surface area contributed by atoms with Crippen LogP contribution in [0.2, 0.25) is 0 Å². The third-order valence-electron chi connectivity index (χ3n) is 7.69. The van der Waals surface area contributed by atoms with E-state index in [0.717, 1.165) is 15.4 Å². The number of nitrogens with zero attached hydrogens (tertiary/aromatic N) is 1. The average Bonchev–Trinajstić information content (AvgIpc) is 3.38. The Bertz CT molecular complexity index is 1410. The third-order valence-corrected chi connectivity index (χ3v) is 9.59. The van der Waals surface area contributed by atoms with E-state index in [1.165, 1.54) is 24.3 Å². The molecule has 1 spiro atoms. The molecule has 1 saturated heterocycles. The lowest BCUT2D eigenvalue weighted by Crippen LogP contribution is -2.50. The summed E-state index contributed by atoms with van der Waals surface area (Å²) in [4.78, 5) is 39.4. The van der Waals surface area contributed by atoms with Gasteiger partial charge in [0.15, 0.2) is 5.78 Å². The van der Waals surface area contributed by atoms with Gasteiger partial charge < -0.3 is 4.74 Å². The summed E-state index contributed by atoms with van der Waals surface area (Å²) in [5.41, 5.74) is -0.385. The summed E-state index contributed by atoms with van der Waals surface area (Å²) in [5, 5.41) is 0. The number of carbonyl (C=O) groups is 3. The zero-order valence-electron chi connectivity index (χ0n) is 20.1. The lowest BCUT2D eigenvalue weighted by atomic mass is 9.64. The van der Waals surface area contributed by atoms with Gasteiger partial charge in [-0.2, -0.15) is 0 Å². The SMILES string of the molecule is Cc1ccc(S(=O)(=O)N2C(=O)[C@]3(CC=C(C(=O)OCc4ccccc4)C3)[C@H]3CC(=O)C=C[C@]32C)cc1. The van der Waals surface area contributed by atoms with Crippen molar-refractivity contribution in [1.29, 1.82) is 0 Å². The number of esters is 1. The lowest BCUT2D eigenvalue weighted by molar-refractivity contribution is -0.140. The number of rotatable bonds is 5. The summed E-state index contributed by atoms with van der Waals surface area (Å²) in [7, 11) is -4.22. The van der Waals surface area contributed by atoms with Crippen molar-refractivity contribution in [2.24, 2.45) is 11.3 Å². The van der Waals surface area contributed by atoms with E-state index in [4.69, 9.17) is 4.74 Å². The molecule has 2 aromatic rings. The predicted molar refractivity (Wildman–Crippen MR) is 132 cm³/mol. The second-order valence-electron chi connectivity index (χ2n) is 10.00. The van der Waals surface area contributed by atoms with E-state index < -0.39 is 38.8 Å². The third kappa shape index (κ3) is 3.71. The minimum Gasteiger partial charge on any atom is -0.457 e. The van der Waals surface area contributed by atoms with Gasteiger partial charge in [-0.25, -0.2) is 17.5 Å². The number of benzene rings is 2. The highest BCUT2D eigenvalue weighted by Crippen LogP contribution is 2.60. The number of allylic oxidation sites excluding steroid dienone is 2. The van der Waals surface area contributed by atoms with E-state index in [1.807, 2.05) is 37.3 Å². The Kier molecular flexibility index (Phi) is 5.75. The van der Waals surface area contributed by atoms with Crippen LogP contribution in [-0.4, -0.2) is 35.9 Å². The molecule has 0 radical (unpaired) electrons. The summed E-state index contributed by atoms with van der Waals surface area (Å²) in [5.74, 6) is -1.90. The fourth-order valence-corrected chi connectivity index (χ4v) is 7.56. The van der Waals surface area contributed by atoms with Crippen molar-refractivity contribution in [2.45, 2.75) is 50.2 Å². The largest absolute Gasteiger partial charge is 0.457 e. The van der Waals surface area contributed by atoms with Crippen molar-refractivity contribution in [3.8, 4) is 0 Å². The van der Waals surface area contributed by atoms with E-state index in [2.05, 4.69) is 0 Å². The summed E-state index contributed by atoms with van der Waals surface area (Å²) in [6.45, 7) is 3.63. The molecule has 0 N–H and O–H groups in total. The van der Waals surface area contributed by atoms with Crippen LogP contribution in [0, 0.1) is 18.3 Å². The second-order valence-corrected chi connectivity index (χ2v) is 11.8. The average molecular weight is 506 g/mol. The molecule has 3 atom stereocenters. The van der Waals surface area contributed by atoms with Gasteiger partial charge in [0.1, 0.15) is 6.61 Å². The van der Waals surface area contributed by atoms with Crippen LogP contribution < -0.4 is 0 Å². The van der Waals surface area contributed by atoms with Gasteiger partial charge in [0.2, 0.25) is 5.91 Å². The number of aryl methyl sites for hydroxylation is 1. The van der Waals surface area contributed by atoms with Crippen LogP contribution in [0.25, 0.3) is 0 Å². The Morgan fingerprint density at radius 2 is 1.78 bits per heavy atom. The van der Waals surface area contributed by atoms with E-state index >= 15 is 0 Å². The molecule has 0 saturated carbocycles. The molecule has 8 heteroatoms. The first-order valence-corrected chi connectivity index (χ1v) is 13.3. The highest BCUT2D eigenvalue weighted by atomic mass is 32.2. The Balaban J connectivity index is 1.47. The van der Waals surface area contributed by atoms with Gasteiger partial charge in [-0.05, 0) is 50.5 Å². The molecular formula is C28H27NO6S. The maximum Gasteiger partial charge on any atom is 0.334 e. The number of ketones is 1. The number of fused-ring (bicyclic) bond motifs is 2. The Morgan fingerprint density at radius 3 is 2.47 bits per heavy atom. The van der Waals surface area contributed by atoms with E-state index in [0.29, 0.717) is 5.57 Å². The van der Waals surface area contributed by atoms with Crippen LogP contribution >= 0.6 is 0 Å². The van der Waals surface area contributed by atoms with Crippen molar-refractivity contribution in [2.75, 3.05) is 0 Å². The van der Waals surface area contributed by atoms with Crippen LogP contribution in [0.1, 0.15) is 37.3 Å². The van der Waals surface area contributed by atoms with Crippen LogP contribution in [0.4, 0.5) is 0 Å². The van der Waals surface area contributed by atoms with Gasteiger partial charge >= 0.3 is 5.97 Å². The molecule has 2 aliphatic carbocycles. The molecule has 0 unspecified atom stereocenters. The Morgan fingerprint density at radius 1 is 1.08 bits per heavy atom. The molecule has 1 amide bonds. The van der Waals surface area contributed by atoms with Crippen LogP contribution in [0.15, 0.2) is 83.3 Å². The number of carbonyl (C=O) groups excluding carboxylic acids is 3. The van der Waals surface area contributed by atoms with Gasteiger partial charge in [-0.1, -0.05) is 60.2 Å². The van der Waals surface area contributed by atoms with Gasteiger partial charge in [0.05, 0.1) is 15.8 Å². The molecule has 0 bridgehead atoms. The molecule has 36 heavy (non-hydrogen) atoms. The molecule has 186 valence electrons. The maximum atomic E-state index is 14.1. The Hall–Kier alpha value is -3.52. The van der Waals surface area contributed by atoms with Crippen LogP contribution in [0.3, 0.4) is 0 Å². The first-order valence-electron chi connectivity index (χ1n) is 11.9. The lowest BCUT2D eigenvalue weighted by Gasteiger charge is -2.39. The molecule has 0 aromatic heterocycles. The molecular weight excluding hydrogens is 478 g/mol. The highest BCUT2D eigenvalue weighted by molar-refractivity contribution is 7.89. The fraction of sp³-hybridized carbons (Fsp3) is 0.321. The first kappa shape index (κ1) is 24.2. The fourth-order valence-electron chi connectivity index (χ4n) is 5.76. The number of amides is 1. The van der Waals surface area contributed by atoms with E-state index in [-0.39, 0.29) is 36.5 Å². The predicted octanol–water partition coefficient (Wildman–Crippen LogP) is 3.88. The minimum atomic E-state index is -4.22. The Labute approximate surface area is 210 Å². The molecule has 5 rings (SSSR count). The van der Waals surface area contributed by atoms with Crippen molar-refractivity contribution in [3.63, 3.8) is 0 Å². The van der Waals surface area contributed by atoms with Crippen molar-refractivity contribution in [1.82, 2.24) is 4.31 Å². The topological polar surface area (TPSA) is 97.8 Å². The quantitative estimate of drug-likeness (QED) is 0.572. The molecule has 1 fully saturated rings. The van der Waals surface area contributed by atoms with Gasteiger partial charge in [0, 0.05) is 17.9 Å². The minimum absolute atomic E-state index is 0.0113. The van der Waals surface area contributed by atoms with Crippen molar-refractivity contribution in [3.05, 3.63) is 89.5 Å². The van der Waals surface area contributed by atoms with Crippen molar-refractivity contribution < 1.29 is 27.5 Å². The van der Waals surface area contributed by atoms with Gasteiger partial charge in [-0.15, -0.1) is 0 Å². The number of ether oxygens (including phenoxy) is 1. The van der Waals surface area contributed by atoms with Crippen molar-refractivity contribution >= 4 is 27.7 Å². The zero-order chi connectivity index (χ0) is 25.7. The molecule has 1 aliphatic heterocycles. The summed E-state index contributed by atoms with van der Waals surface area (Å²) in [6, 6.07) is 15.6. The normalized spacial score (nSPS) is 27.3. The molecule has 2 aromatic carbocycles. The smallest absolute Gasteiger partial charge is 0.334 e. The molecule has 1 heterocycles. The zero-order valence-corrected chi connectivity index (χ0v) is 21.0. The number of hydrogen-bond donors (Lipinski definition) is 0. The maximum absolute atomic E-state index is 14.1. The van der Waals surface area contributed by atoms with E-state index in [9.17, 15) is 22.8 Å². The first-order chi connectivity index (χ1) is 17.1. The van der Waals surface area contributed by atoms with Crippen LogP contribution in [0.5, 0.6) is 0 Å². The number of hydrogen-bond acceptors (Lipinski definition) is 6. The van der Waals surface area contributed by atoms with Gasteiger partial charge in [-0.3, -0.25) is 9.59 Å². The second kappa shape index (κ2) is 8.55. The number of sulfonamides is 1. The van der Waals surface area contributed by atoms with Gasteiger partial charge in [0.25, 0.3) is 10.0 Å². The molecule has 3 aliphatic rings. The van der Waals surface area contributed by atoms with E-state index in [1.54, 1.807) is 25.1 Å². The standard InChI is InChI=1S/C28H27NO6S/c1-19-8-10-23(11-9-19)36(33,34)29-26(32)28(24-16-22(30)13-14-27(24,29)2)15-12-21(17-28)25(31)35-18-20-6-4-3-5-7-20/h3-14,24H,15-18H2,1-2H3/t24-,27+,28-/m0/s1. The summed E-state index contributed by atoms with van der Waals surface area (Å²) in [6.07, 6.45) is 4.78.